The van der Waals surface area contributed by atoms with Crippen molar-refractivity contribution in [2.45, 2.75) is 25.9 Å². The highest BCUT2D eigenvalue weighted by Crippen LogP contribution is 2.32. The van der Waals surface area contributed by atoms with Crippen LogP contribution in [0.15, 0.2) is 0 Å². The first-order chi connectivity index (χ1) is 4.25. The van der Waals surface area contributed by atoms with Crippen molar-refractivity contribution >= 4 is 0 Å². The van der Waals surface area contributed by atoms with Gasteiger partial charge in [-0.3, -0.25) is 4.90 Å². The van der Waals surface area contributed by atoms with Crippen LogP contribution in [0.25, 0.3) is 0 Å². The van der Waals surface area contributed by atoms with Gasteiger partial charge in [0, 0.05) is 0 Å². The average molecular weight is 128 g/mol. The number of nitrogens with zero attached hydrogens (tertiary/aromatic N) is 1. The van der Waals surface area contributed by atoms with E-state index in [0.29, 0.717) is 6.17 Å². The fourth-order valence-corrected chi connectivity index (χ4v) is 1.01. The second-order valence-corrected chi connectivity index (χ2v) is 2.90. The highest BCUT2D eigenvalue weighted by molar-refractivity contribution is 4.82. The molecule has 1 fully saturated rings. The van der Waals surface area contributed by atoms with Gasteiger partial charge in [-0.25, -0.2) is 0 Å². The van der Waals surface area contributed by atoms with Gasteiger partial charge in [0.1, 0.15) is 0 Å². The number of rotatable bonds is 3. The summed E-state index contributed by atoms with van der Waals surface area (Å²) in [4.78, 5) is 2.21. The zero-order valence-electron chi connectivity index (χ0n) is 6.30. The summed E-state index contributed by atoms with van der Waals surface area (Å²) in [6.07, 6.45) is 3.01. The predicted octanol–water partition coefficient (Wildman–Crippen LogP) is 0.633. The Morgan fingerprint density at radius 2 is 2.22 bits per heavy atom. The molecule has 9 heavy (non-hydrogen) atoms. The molecule has 0 saturated heterocycles. The van der Waals surface area contributed by atoms with Crippen LogP contribution in [0.2, 0.25) is 0 Å². The molecule has 0 aromatic carbocycles. The van der Waals surface area contributed by atoms with E-state index in [0.717, 1.165) is 12.5 Å². The fraction of sp³-hybridized carbons (Fsp3) is 1.00. The minimum atomic E-state index is 0.329. The largest absolute Gasteiger partial charge is 0.316 e. The van der Waals surface area contributed by atoms with E-state index in [1.165, 1.54) is 12.8 Å². The Kier molecular flexibility index (Phi) is 2.09. The summed E-state index contributed by atoms with van der Waals surface area (Å²) in [5, 5.41) is 0. The lowest BCUT2D eigenvalue weighted by molar-refractivity contribution is 0.235. The van der Waals surface area contributed by atoms with Crippen molar-refractivity contribution in [3.05, 3.63) is 0 Å². The summed E-state index contributed by atoms with van der Waals surface area (Å²) < 4.78 is 0. The second kappa shape index (κ2) is 2.67. The third kappa shape index (κ3) is 1.66. The molecule has 1 atom stereocenters. The first-order valence-corrected chi connectivity index (χ1v) is 3.71. The molecule has 0 aromatic heterocycles. The van der Waals surface area contributed by atoms with E-state index in [9.17, 15) is 0 Å². The van der Waals surface area contributed by atoms with Crippen LogP contribution < -0.4 is 5.73 Å². The Balaban J connectivity index is 2.22. The van der Waals surface area contributed by atoms with Crippen molar-refractivity contribution in [1.29, 1.82) is 0 Å². The number of hydrogen-bond acceptors (Lipinski definition) is 2. The van der Waals surface area contributed by atoms with Crippen LogP contribution in [0, 0.1) is 5.92 Å². The molecule has 1 rings (SSSR count). The van der Waals surface area contributed by atoms with Gasteiger partial charge in [-0.1, -0.05) is 6.92 Å². The first kappa shape index (κ1) is 7.03. The molecular formula is C7H16N2. The lowest BCUT2D eigenvalue weighted by Gasteiger charge is -2.21. The van der Waals surface area contributed by atoms with Crippen LogP contribution in [0.5, 0.6) is 0 Å². The summed E-state index contributed by atoms with van der Waals surface area (Å²) >= 11 is 0. The van der Waals surface area contributed by atoms with Gasteiger partial charge in [0.15, 0.2) is 0 Å². The summed E-state index contributed by atoms with van der Waals surface area (Å²) in [5.41, 5.74) is 5.86. The molecule has 1 saturated carbocycles. The molecule has 0 aromatic rings. The van der Waals surface area contributed by atoms with Crippen molar-refractivity contribution in [2.75, 3.05) is 13.6 Å². The van der Waals surface area contributed by atoms with Crippen LogP contribution >= 0.6 is 0 Å². The predicted molar refractivity (Wildman–Crippen MR) is 39.0 cm³/mol. The summed E-state index contributed by atoms with van der Waals surface area (Å²) in [6, 6.07) is 0. The lowest BCUT2D eigenvalue weighted by atomic mass is 10.3. The fourth-order valence-electron chi connectivity index (χ4n) is 1.01. The Morgan fingerprint density at radius 1 is 1.67 bits per heavy atom. The monoisotopic (exact) mass is 128 g/mol. The molecule has 2 N–H and O–H groups in total. The summed E-state index contributed by atoms with van der Waals surface area (Å²) in [6.45, 7) is 3.21. The Bertz CT molecular complexity index is 88.9. The summed E-state index contributed by atoms with van der Waals surface area (Å²) in [7, 11) is 2.09. The van der Waals surface area contributed by atoms with Crippen molar-refractivity contribution < 1.29 is 0 Å². The molecule has 0 bridgehead atoms. The quantitative estimate of drug-likeness (QED) is 0.565. The van der Waals surface area contributed by atoms with E-state index in [1.807, 2.05) is 0 Å². The van der Waals surface area contributed by atoms with Crippen molar-refractivity contribution in [2.24, 2.45) is 11.7 Å². The minimum absolute atomic E-state index is 0.329. The van der Waals surface area contributed by atoms with Crippen molar-refractivity contribution in [1.82, 2.24) is 4.90 Å². The molecule has 0 heterocycles. The maximum absolute atomic E-state index is 5.86. The van der Waals surface area contributed by atoms with Gasteiger partial charge in [0.05, 0.1) is 6.17 Å². The van der Waals surface area contributed by atoms with E-state index >= 15 is 0 Å². The van der Waals surface area contributed by atoms with E-state index in [1.54, 1.807) is 0 Å². The molecule has 0 amide bonds. The third-order valence-electron chi connectivity index (χ3n) is 2.11. The van der Waals surface area contributed by atoms with Gasteiger partial charge in [-0.2, -0.15) is 0 Å². The van der Waals surface area contributed by atoms with E-state index in [-0.39, 0.29) is 0 Å². The Labute approximate surface area is 57.0 Å². The summed E-state index contributed by atoms with van der Waals surface area (Å²) in [5.74, 6) is 0.801. The maximum Gasteiger partial charge on any atom is 0.0598 e. The average Bonchev–Trinajstić information content (AvgIpc) is 2.66. The molecular weight excluding hydrogens is 112 g/mol. The molecule has 0 radical (unpaired) electrons. The first-order valence-electron chi connectivity index (χ1n) is 3.71. The van der Waals surface area contributed by atoms with E-state index in [2.05, 4.69) is 18.9 Å². The molecule has 1 unspecified atom stereocenters. The SMILES string of the molecule is CCN(C)C(N)C1CC1. The smallest absolute Gasteiger partial charge is 0.0598 e. The highest BCUT2D eigenvalue weighted by atomic mass is 15.2. The Hall–Kier alpha value is -0.0800. The van der Waals surface area contributed by atoms with Gasteiger partial charge in [-0.05, 0) is 32.4 Å². The molecule has 1 aliphatic carbocycles. The van der Waals surface area contributed by atoms with E-state index < -0.39 is 0 Å². The number of hydrogen-bond donors (Lipinski definition) is 1. The van der Waals surface area contributed by atoms with Crippen molar-refractivity contribution in [3.8, 4) is 0 Å². The molecule has 54 valence electrons. The van der Waals surface area contributed by atoms with Gasteiger partial charge in [-0.15, -0.1) is 0 Å². The molecule has 0 aliphatic heterocycles. The van der Waals surface area contributed by atoms with Crippen LogP contribution in [0.1, 0.15) is 19.8 Å². The van der Waals surface area contributed by atoms with Gasteiger partial charge in [0.25, 0.3) is 0 Å². The Morgan fingerprint density at radius 3 is 2.56 bits per heavy atom. The standard InChI is InChI=1S/C7H16N2/c1-3-9(2)7(8)6-4-5-6/h6-7H,3-5,8H2,1-2H3. The van der Waals surface area contributed by atoms with Gasteiger partial charge in [0.2, 0.25) is 0 Å². The molecule has 0 spiro atoms. The van der Waals surface area contributed by atoms with Gasteiger partial charge >= 0.3 is 0 Å². The zero-order chi connectivity index (χ0) is 6.85. The minimum Gasteiger partial charge on any atom is -0.316 e. The van der Waals surface area contributed by atoms with Crippen LogP contribution in [0.4, 0.5) is 0 Å². The molecule has 2 nitrogen and oxygen atoms in total. The number of nitrogens with two attached hydrogens (primary N) is 1. The lowest BCUT2D eigenvalue weighted by Crippen LogP contribution is -2.40. The van der Waals surface area contributed by atoms with E-state index in [4.69, 9.17) is 5.73 Å². The van der Waals surface area contributed by atoms with Crippen molar-refractivity contribution in [3.63, 3.8) is 0 Å². The van der Waals surface area contributed by atoms with Crippen LogP contribution in [-0.4, -0.2) is 24.7 Å². The molecule has 1 aliphatic rings. The normalized spacial score (nSPS) is 22.7. The zero-order valence-corrected chi connectivity index (χ0v) is 6.30. The van der Waals surface area contributed by atoms with Gasteiger partial charge < -0.3 is 5.73 Å². The maximum atomic E-state index is 5.86. The van der Waals surface area contributed by atoms with Crippen LogP contribution in [-0.2, 0) is 0 Å². The third-order valence-corrected chi connectivity index (χ3v) is 2.11. The highest BCUT2D eigenvalue weighted by Gasteiger charge is 2.30. The topological polar surface area (TPSA) is 29.3 Å². The second-order valence-electron chi connectivity index (χ2n) is 2.90. The molecule has 2 heteroatoms. The van der Waals surface area contributed by atoms with Crippen LogP contribution in [0.3, 0.4) is 0 Å².